The molecule has 1 rings (SSSR count). The maximum absolute atomic E-state index is 11.4. The molecule has 0 unspecified atom stereocenters. The zero-order chi connectivity index (χ0) is 11.3. The number of methoxy groups -OCH3 is 1. The Labute approximate surface area is 90.7 Å². The number of nitrogens with one attached hydrogen (secondary N) is 1. The molecule has 1 fully saturated rings. The van der Waals surface area contributed by atoms with Crippen LogP contribution in [0.25, 0.3) is 0 Å². The van der Waals surface area contributed by atoms with E-state index in [1.165, 1.54) is 7.11 Å². The Kier molecular flexibility index (Phi) is 4.50. The standard InChI is InChI=1S/C10H20N2O3/c1-10(2,9(13)14-3)8-11-12-4-6-15-7-5-12/h11H,4-8H2,1-3H3. The highest BCUT2D eigenvalue weighted by Crippen LogP contribution is 2.15. The second-order valence-corrected chi connectivity index (χ2v) is 4.31. The van der Waals surface area contributed by atoms with Crippen LogP contribution in [-0.2, 0) is 14.3 Å². The molecular formula is C10H20N2O3. The van der Waals surface area contributed by atoms with E-state index >= 15 is 0 Å². The summed E-state index contributed by atoms with van der Waals surface area (Å²) in [5, 5.41) is 2.08. The molecule has 0 aromatic rings. The topological polar surface area (TPSA) is 50.8 Å². The van der Waals surface area contributed by atoms with Gasteiger partial charge in [-0.25, -0.2) is 5.01 Å². The number of rotatable bonds is 4. The maximum atomic E-state index is 11.4. The number of hydrogen-bond acceptors (Lipinski definition) is 5. The third kappa shape index (κ3) is 3.77. The number of ether oxygens (including phenoxy) is 2. The number of carbonyl (C=O) groups excluding carboxylic acids is 1. The van der Waals surface area contributed by atoms with Gasteiger partial charge in [-0.2, -0.15) is 0 Å². The molecule has 1 N–H and O–H groups in total. The van der Waals surface area contributed by atoms with Crippen LogP contribution in [0.3, 0.4) is 0 Å². The van der Waals surface area contributed by atoms with Crippen molar-refractivity contribution in [2.24, 2.45) is 5.41 Å². The van der Waals surface area contributed by atoms with E-state index in [0.717, 1.165) is 26.3 Å². The number of hydrazine groups is 1. The van der Waals surface area contributed by atoms with Crippen LogP contribution < -0.4 is 5.43 Å². The molecular weight excluding hydrogens is 196 g/mol. The van der Waals surface area contributed by atoms with Gasteiger partial charge in [0, 0.05) is 19.6 Å². The van der Waals surface area contributed by atoms with Crippen molar-refractivity contribution >= 4 is 5.97 Å². The zero-order valence-corrected chi connectivity index (χ0v) is 9.71. The first kappa shape index (κ1) is 12.4. The number of esters is 1. The minimum atomic E-state index is -0.493. The third-order valence-corrected chi connectivity index (χ3v) is 2.49. The number of nitrogens with zero attached hydrogens (tertiary/aromatic N) is 1. The van der Waals surface area contributed by atoms with E-state index < -0.39 is 5.41 Å². The summed E-state index contributed by atoms with van der Waals surface area (Å²) in [7, 11) is 1.42. The van der Waals surface area contributed by atoms with E-state index in [9.17, 15) is 4.79 Å². The molecule has 5 nitrogen and oxygen atoms in total. The summed E-state index contributed by atoms with van der Waals surface area (Å²) in [6.07, 6.45) is 0. The van der Waals surface area contributed by atoms with Crippen LogP contribution in [0.1, 0.15) is 13.8 Å². The predicted octanol–water partition coefficient (Wildman–Crippen LogP) is 0.0224. The number of hydrogen-bond donors (Lipinski definition) is 1. The van der Waals surface area contributed by atoms with Crippen LogP contribution in [0.5, 0.6) is 0 Å². The van der Waals surface area contributed by atoms with Crippen molar-refractivity contribution in [1.82, 2.24) is 10.4 Å². The molecule has 1 saturated heterocycles. The van der Waals surface area contributed by atoms with Gasteiger partial charge >= 0.3 is 5.97 Å². The number of morpholine rings is 1. The van der Waals surface area contributed by atoms with Crippen molar-refractivity contribution in [2.75, 3.05) is 40.0 Å². The van der Waals surface area contributed by atoms with Gasteiger partial charge in [-0.1, -0.05) is 0 Å². The van der Waals surface area contributed by atoms with E-state index in [-0.39, 0.29) is 5.97 Å². The number of carbonyl (C=O) groups is 1. The second-order valence-electron chi connectivity index (χ2n) is 4.31. The highest BCUT2D eigenvalue weighted by atomic mass is 16.5. The Bertz CT molecular complexity index is 213. The fraction of sp³-hybridized carbons (Fsp3) is 0.900. The van der Waals surface area contributed by atoms with Crippen LogP contribution in [0.4, 0.5) is 0 Å². The Morgan fingerprint density at radius 2 is 2.07 bits per heavy atom. The first-order chi connectivity index (χ1) is 7.06. The van der Waals surface area contributed by atoms with E-state index in [2.05, 4.69) is 10.4 Å². The van der Waals surface area contributed by atoms with E-state index in [1.807, 2.05) is 13.8 Å². The lowest BCUT2D eigenvalue weighted by atomic mass is 9.94. The molecule has 1 aliphatic rings. The van der Waals surface area contributed by atoms with Gasteiger partial charge in [-0.05, 0) is 13.8 Å². The Balaban J connectivity index is 2.31. The van der Waals surface area contributed by atoms with E-state index in [0.29, 0.717) is 6.54 Å². The van der Waals surface area contributed by atoms with Crippen molar-refractivity contribution in [3.63, 3.8) is 0 Å². The monoisotopic (exact) mass is 216 g/mol. The fourth-order valence-corrected chi connectivity index (χ4v) is 1.38. The van der Waals surface area contributed by atoms with Gasteiger partial charge in [0.1, 0.15) is 0 Å². The van der Waals surface area contributed by atoms with Crippen LogP contribution in [-0.4, -0.2) is 50.9 Å². The summed E-state index contributed by atoms with van der Waals surface area (Å²) >= 11 is 0. The summed E-state index contributed by atoms with van der Waals surface area (Å²) in [6, 6.07) is 0. The van der Waals surface area contributed by atoms with Gasteiger partial charge < -0.3 is 9.47 Å². The van der Waals surface area contributed by atoms with Crippen molar-refractivity contribution in [3.8, 4) is 0 Å². The highest BCUT2D eigenvalue weighted by Gasteiger charge is 2.29. The predicted molar refractivity (Wildman–Crippen MR) is 56.2 cm³/mol. The molecule has 0 aliphatic carbocycles. The molecule has 88 valence electrons. The molecule has 0 atom stereocenters. The lowest BCUT2D eigenvalue weighted by Crippen LogP contribution is -2.50. The molecule has 0 aromatic heterocycles. The minimum Gasteiger partial charge on any atom is -0.469 e. The van der Waals surface area contributed by atoms with Gasteiger partial charge in [0.15, 0.2) is 0 Å². The van der Waals surface area contributed by atoms with Crippen LogP contribution in [0.2, 0.25) is 0 Å². The molecule has 0 bridgehead atoms. The van der Waals surface area contributed by atoms with Crippen molar-refractivity contribution in [1.29, 1.82) is 0 Å². The maximum Gasteiger partial charge on any atom is 0.312 e. The van der Waals surface area contributed by atoms with Gasteiger partial charge in [0.2, 0.25) is 0 Å². The first-order valence-electron chi connectivity index (χ1n) is 5.21. The highest BCUT2D eigenvalue weighted by molar-refractivity contribution is 5.75. The molecule has 1 heterocycles. The Hall–Kier alpha value is -0.650. The van der Waals surface area contributed by atoms with Gasteiger partial charge in [-0.3, -0.25) is 10.2 Å². The van der Waals surface area contributed by atoms with Crippen LogP contribution in [0, 0.1) is 5.41 Å². The minimum absolute atomic E-state index is 0.191. The summed E-state index contributed by atoms with van der Waals surface area (Å²) < 4.78 is 9.96. The lowest BCUT2D eigenvalue weighted by molar-refractivity contribution is -0.151. The second kappa shape index (κ2) is 5.44. The van der Waals surface area contributed by atoms with Gasteiger partial charge in [0.25, 0.3) is 0 Å². The summed E-state index contributed by atoms with van der Waals surface area (Å²) in [6.45, 7) is 7.52. The smallest absolute Gasteiger partial charge is 0.312 e. The SMILES string of the molecule is COC(=O)C(C)(C)CNN1CCOCC1. The van der Waals surface area contributed by atoms with Crippen molar-refractivity contribution < 1.29 is 14.3 Å². The average molecular weight is 216 g/mol. The van der Waals surface area contributed by atoms with E-state index in [4.69, 9.17) is 9.47 Å². The van der Waals surface area contributed by atoms with Crippen LogP contribution in [0.15, 0.2) is 0 Å². The quantitative estimate of drug-likeness (QED) is 0.672. The summed E-state index contributed by atoms with van der Waals surface area (Å²) in [4.78, 5) is 11.4. The van der Waals surface area contributed by atoms with Crippen LogP contribution >= 0.6 is 0 Å². The van der Waals surface area contributed by atoms with Crippen molar-refractivity contribution in [3.05, 3.63) is 0 Å². The third-order valence-electron chi connectivity index (χ3n) is 2.49. The molecule has 1 aliphatic heterocycles. The first-order valence-corrected chi connectivity index (χ1v) is 5.21. The van der Waals surface area contributed by atoms with E-state index in [1.54, 1.807) is 0 Å². The normalized spacial score (nSPS) is 18.9. The molecule has 0 spiro atoms. The average Bonchev–Trinajstić information content (AvgIpc) is 2.27. The molecule has 15 heavy (non-hydrogen) atoms. The zero-order valence-electron chi connectivity index (χ0n) is 9.71. The van der Waals surface area contributed by atoms with Gasteiger partial charge in [-0.15, -0.1) is 0 Å². The summed E-state index contributed by atoms with van der Waals surface area (Å²) in [5.41, 5.74) is 2.74. The van der Waals surface area contributed by atoms with Gasteiger partial charge in [0.05, 0.1) is 25.7 Å². The molecule has 0 radical (unpaired) electrons. The lowest BCUT2D eigenvalue weighted by Gasteiger charge is -2.31. The summed E-state index contributed by atoms with van der Waals surface area (Å²) in [5.74, 6) is -0.191. The Morgan fingerprint density at radius 1 is 1.47 bits per heavy atom. The molecule has 0 amide bonds. The molecule has 0 aromatic carbocycles. The molecule has 5 heteroatoms. The van der Waals surface area contributed by atoms with Crippen molar-refractivity contribution in [2.45, 2.75) is 13.8 Å². The molecule has 0 saturated carbocycles. The Morgan fingerprint density at radius 3 is 2.60 bits per heavy atom. The fourth-order valence-electron chi connectivity index (χ4n) is 1.38. The largest absolute Gasteiger partial charge is 0.469 e.